The van der Waals surface area contributed by atoms with Gasteiger partial charge in [-0.2, -0.15) is 4.31 Å². The van der Waals surface area contributed by atoms with Gasteiger partial charge in [-0.1, -0.05) is 44.2 Å². The molecule has 2 aromatic carbocycles. The van der Waals surface area contributed by atoms with Crippen LogP contribution in [0.2, 0.25) is 0 Å². The molecule has 3 aliphatic heterocycles. The number of hydrogen-bond acceptors (Lipinski definition) is 9. The zero-order valence-electron chi connectivity index (χ0n) is 27.1. The van der Waals surface area contributed by atoms with E-state index in [4.69, 9.17) is 18.9 Å². The summed E-state index contributed by atoms with van der Waals surface area (Å²) in [5.74, 6) is 0.787. The Morgan fingerprint density at radius 3 is 2.43 bits per heavy atom. The van der Waals surface area contributed by atoms with Gasteiger partial charge in [0.1, 0.15) is 11.9 Å². The minimum Gasteiger partial charge on any atom is -0.497 e. The Balaban J connectivity index is 1.27. The minimum atomic E-state index is -3.94. The van der Waals surface area contributed by atoms with Gasteiger partial charge < -0.3 is 29.4 Å². The lowest BCUT2D eigenvalue weighted by Crippen LogP contribution is -2.52. The number of piperidine rings is 1. The van der Waals surface area contributed by atoms with Gasteiger partial charge in [-0.05, 0) is 80.4 Å². The van der Waals surface area contributed by atoms with Crippen LogP contribution < -0.4 is 10.1 Å². The number of fused-ring (bicyclic) bond motifs is 1. The maximum absolute atomic E-state index is 13.8. The van der Waals surface area contributed by atoms with Crippen LogP contribution in [0.3, 0.4) is 0 Å². The van der Waals surface area contributed by atoms with E-state index < -0.39 is 34.4 Å². The number of likely N-dealkylation sites (tertiary alicyclic amines) is 1. The van der Waals surface area contributed by atoms with Crippen LogP contribution in [0.1, 0.15) is 45.1 Å². The summed E-state index contributed by atoms with van der Waals surface area (Å²) in [5.41, 5.74) is 1.27. The zero-order chi connectivity index (χ0) is 32.7. The van der Waals surface area contributed by atoms with Crippen LogP contribution in [0.25, 0.3) is 0 Å². The number of amides is 1. The van der Waals surface area contributed by atoms with Crippen LogP contribution in [-0.4, -0.2) is 99.9 Å². The number of carbonyl (C=O) groups is 1. The largest absolute Gasteiger partial charge is 0.497 e. The first kappa shape index (κ1) is 34.6. The average molecular weight is 660 g/mol. The number of benzene rings is 2. The van der Waals surface area contributed by atoms with E-state index in [-0.39, 0.29) is 48.6 Å². The number of nitrogens with zero attached hydrogens (tertiary/aromatic N) is 2. The first-order chi connectivity index (χ1) is 22.1. The molecule has 254 valence electrons. The summed E-state index contributed by atoms with van der Waals surface area (Å²) < 4.78 is 51.1. The van der Waals surface area contributed by atoms with Crippen molar-refractivity contribution in [1.29, 1.82) is 0 Å². The van der Waals surface area contributed by atoms with Gasteiger partial charge in [-0.15, -0.1) is 0 Å². The highest BCUT2D eigenvalue weighted by Crippen LogP contribution is 2.33. The van der Waals surface area contributed by atoms with Crippen LogP contribution in [0.5, 0.6) is 5.75 Å². The lowest BCUT2D eigenvalue weighted by Gasteiger charge is -2.36. The molecule has 0 radical (unpaired) electrons. The quantitative estimate of drug-likeness (QED) is 0.311. The standard InChI is InChI=1S/C34H49N3O8S/c1-24(2)20-37(46(40,41)28-11-9-27(42-3)10-12-28)22-31(38)30(35-34(39)45-32-23-44-33-29(32)15-18-43-33)19-25-13-16-36(17-14-25)21-26-7-5-4-6-8-26/h4-12,24-25,29-33,38H,13-23H2,1-3H3,(H,35,39)/t29-,30-,31+,32-,33+/m0/s1. The fraction of sp³-hybridized carbons (Fsp3) is 0.618. The second-order valence-corrected chi connectivity index (χ2v) is 15.1. The summed E-state index contributed by atoms with van der Waals surface area (Å²) in [6.07, 6.45) is 0.485. The molecular weight excluding hydrogens is 610 g/mol. The van der Waals surface area contributed by atoms with Crippen molar-refractivity contribution in [2.75, 3.05) is 46.5 Å². The maximum Gasteiger partial charge on any atom is 0.407 e. The number of methoxy groups -OCH3 is 1. The van der Waals surface area contributed by atoms with Crippen molar-refractivity contribution >= 4 is 16.1 Å². The molecule has 3 saturated heterocycles. The molecule has 0 spiro atoms. The van der Waals surface area contributed by atoms with E-state index in [1.165, 1.54) is 29.1 Å². The number of ether oxygens (including phenoxy) is 4. The van der Waals surface area contributed by atoms with Crippen molar-refractivity contribution in [2.24, 2.45) is 17.8 Å². The van der Waals surface area contributed by atoms with Crippen molar-refractivity contribution in [1.82, 2.24) is 14.5 Å². The van der Waals surface area contributed by atoms with Crippen molar-refractivity contribution < 1.29 is 37.3 Å². The SMILES string of the molecule is COc1ccc(S(=O)(=O)N(CC(C)C)C[C@@H](O)[C@H](CC2CCN(Cc3ccccc3)CC2)NC(=O)O[C@H]2CO[C@H]3OCC[C@H]32)cc1. The zero-order valence-corrected chi connectivity index (χ0v) is 27.9. The summed E-state index contributed by atoms with van der Waals surface area (Å²) in [6.45, 7) is 7.42. The predicted octanol–water partition coefficient (Wildman–Crippen LogP) is 3.86. The summed E-state index contributed by atoms with van der Waals surface area (Å²) in [6, 6.07) is 15.9. The van der Waals surface area contributed by atoms with E-state index in [0.717, 1.165) is 38.9 Å². The molecule has 3 heterocycles. The predicted molar refractivity (Wildman–Crippen MR) is 173 cm³/mol. The Labute approximate surface area is 273 Å². The number of hydrogen-bond donors (Lipinski definition) is 2. The van der Waals surface area contributed by atoms with Crippen LogP contribution in [-0.2, 0) is 30.8 Å². The lowest BCUT2D eigenvalue weighted by molar-refractivity contribution is -0.0907. The van der Waals surface area contributed by atoms with E-state index in [9.17, 15) is 18.3 Å². The van der Waals surface area contributed by atoms with E-state index in [0.29, 0.717) is 18.8 Å². The summed E-state index contributed by atoms with van der Waals surface area (Å²) in [5, 5.41) is 14.6. The second-order valence-electron chi connectivity index (χ2n) is 13.1. The second kappa shape index (κ2) is 15.9. The molecule has 2 aromatic rings. The number of carbonyl (C=O) groups excluding carboxylic acids is 1. The topological polar surface area (TPSA) is 127 Å². The number of aliphatic hydroxyl groups is 1. The number of alkyl carbamates (subject to hydrolysis) is 1. The van der Waals surface area contributed by atoms with E-state index >= 15 is 0 Å². The molecule has 12 heteroatoms. The van der Waals surface area contributed by atoms with E-state index in [1.807, 2.05) is 32.0 Å². The summed E-state index contributed by atoms with van der Waals surface area (Å²) in [4.78, 5) is 15.8. The minimum absolute atomic E-state index is 0.00878. The molecule has 3 fully saturated rings. The smallest absolute Gasteiger partial charge is 0.407 e. The van der Waals surface area contributed by atoms with Crippen molar-refractivity contribution in [3.8, 4) is 5.75 Å². The molecule has 0 unspecified atom stereocenters. The van der Waals surface area contributed by atoms with Crippen molar-refractivity contribution in [3.05, 3.63) is 60.2 Å². The fourth-order valence-corrected chi connectivity index (χ4v) is 8.30. The highest BCUT2D eigenvalue weighted by Gasteiger charge is 2.44. The van der Waals surface area contributed by atoms with Crippen molar-refractivity contribution in [2.45, 2.75) is 75.5 Å². The molecule has 0 aromatic heterocycles. The van der Waals surface area contributed by atoms with Crippen LogP contribution in [0.15, 0.2) is 59.5 Å². The van der Waals surface area contributed by atoms with Gasteiger partial charge in [0.15, 0.2) is 6.29 Å². The molecule has 3 aliphatic rings. The van der Waals surface area contributed by atoms with Crippen LogP contribution >= 0.6 is 0 Å². The van der Waals surface area contributed by atoms with Crippen LogP contribution in [0, 0.1) is 17.8 Å². The molecule has 0 saturated carbocycles. The Kier molecular flexibility index (Phi) is 12.0. The average Bonchev–Trinajstić information content (AvgIpc) is 3.67. The third-order valence-corrected chi connectivity index (χ3v) is 11.1. The lowest BCUT2D eigenvalue weighted by atomic mass is 9.88. The number of nitrogens with one attached hydrogen (secondary N) is 1. The third-order valence-electron chi connectivity index (χ3n) is 9.21. The number of rotatable bonds is 14. The number of sulfonamides is 1. The molecular formula is C34H49N3O8S. The maximum atomic E-state index is 13.8. The molecule has 46 heavy (non-hydrogen) atoms. The van der Waals surface area contributed by atoms with Gasteiger partial charge in [0.05, 0.1) is 43.3 Å². The Bertz CT molecular complexity index is 1350. The normalized spacial score (nSPS) is 23.7. The first-order valence-electron chi connectivity index (χ1n) is 16.4. The summed E-state index contributed by atoms with van der Waals surface area (Å²) >= 11 is 0. The number of aliphatic hydroxyl groups excluding tert-OH is 1. The molecule has 0 aliphatic carbocycles. The molecule has 11 nitrogen and oxygen atoms in total. The Morgan fingerprint density at radius 2 is 1.76 bits per heavy atom. The van der Waals surface area contributed by atoms with Crippen molar-refractivity contribution in [3.63, 3.8) is 0 Å². The van der Waals surface area contributed by atoms with Gasteiger partial charge in [0.2, 0.25) is 10.0 Å². The first-order valence-corrected chi connectivity index (χ1v) is 17.8. The fourth-order valence-electron chi connectivity index (χ4n) is 6.67. The monoisotopic (exact) mass is 659 g/mol. The Morgan fingerprint density at radius 1 is 1.04 bits per heavy atom. The van der Waals surface area contributed by atoms with Crippen LogP contribution in [0.4, 0.5) is 4.79 Å². The molecule has 5 rings (SSSR count). The molecule has 1 amide bonds. The van der Waals surface area contributed by atoms with Gasteiger partial charge in [-0.3, -0.25) is 4.90 Å². The molecule has 5 atom stereocenters. The highest BCUT2D eigenvalue weighted by molar-refractivity contribution is 7.89. The molecule has 2 N–H and O–H groups in total. The Hall–Kier alpha value is -2.74. The van der Waals surface area contributed by atoms with Gasteiger partial charge in [0.25, 0.3) is 0 Å². The van der Waals surface area contributed by atoms with Gasteiger partial charge in [0, 0.05) is 19.6 Å². The third kappa shape index (κ3) is 8.99. The molecule has 0 bridgehead atoms. The van der Waals surface area contributed by atoms with E-state index in [1.54, 1.807) is 12.1 Å². The van der Waals surface area contributed by atoms with E-state index in [2.05, 4.69) is 22.3 Å². The van der Waals surface area contributed by atoms with Gasteiger partial charge >= 0.3 is 6.09 Å². The summed E-state index contributed by atoms with van der Waals surface area (Å²) in [7, 11) is -2.42. The van der Waals surface area contributed by atoms with Gasteiger partial charge in [-0.25, -0.2) is 13.2 Å². The highest BCUT2D eigenvalue weighted by atomic mass is 32.2.